The van der Waals surface area contributed by atoms with E-state index < -0.39 is 6.10 Å². The molecule has 1 aromatic carbocycles. The Balaban J connectivity index is 1.48. The third-order valence-electron chi connectivity index (χ3n) is 4.66. The first kappa shape index (κ1) is 16.5. The number of fused-ring (bicyclic) bond motifs is 1. The van der Waals surface area contributed by atoms with Crippen LogP contribution in [0.1, 0.15) is 39.3 Å². The lowest BCUT2D eigenvalue weighted by Crippen LogP contribution is -2.38. The predicted molar refractivity (Wildman–Crippen MR) is 93.3 cm³/mol. The molecule has 1 amide bonds. The van der Waals surface area contributed by atoms with Crippen LogP contribution < -0.4 is 0 Å². The summed E-state index contributed by atoms with van der Waals surface area (Å²) in [5.74, 6) is 0.112. The number of oxazole rings is 1. The Morgan fingerprint density at radius 1 is 1.31 bits per heavy atom. The summed E-state index contributed by atoms with van der Waals surface area (Å²) in [6.07, 6.45) is 1.13. The summed E-state index contributed by atoms with van der Waals surface area (Å²) in [6.45, 7) is 3.32. The van der Waals surface area contributed by atoms with Crippen molar-refractivity contribution in [3.63, 3.8) is 0 Å². The van der Waals surface area contributed by atoms with Gasteiger partial charge in [-0.1, -0.05) is 30.3 Å². The smallest absolute Gasteiger partial charge is 0.291 e. The quantitative estimate of drug-likeness (QED) is 0.777. The largest absolute Gasteiger partial charge is 0.438 e. The molecule has 0 saturated heterocycles. The van der Waals surface area contributed by atoms with E-state index in [0.29, 0.717) is 37.4 Å². The standard InChI is InChI=1S/C19H20N4O3/c1-13-18(26-12-20-13)19(25)22-7-8-23-15(11-22)10-16(21-23)17(24)9-14-5-3-2-4-6-14/h2-6,10,12,17,24H,7-9,11H2,1H3. The average molecular weight is 352 g/mol. The topological polar surface area (TPSA) is 84.4 Å². The Hall–Kier alpha value is -2.93. The summed E-state index contributed by atoms with van der Waals surface area (Å²) in [5, 5.41) is 15.0. The van der Waals surface area contributed by atoms with E-state index >= 15 is 0 Å². The summed E-state index contributed by atoms with van der Waals surface area (Å²) in [7, 11) is 0. The molecule has 7 nitrogen and oxygen atoms in total. The highest BCUT2D eigenvalue weighted by atomic mass is 16.3. The van der Waals surface area contributed by atoms with Crippen molar-refractivity contribution in [2.75, 3.05) is 6.54 Å². The first-order valence-electron chi connectivity index (χ1n) is 8.60. The molecule has 3 heterocycles. The Labute approximate surface area is 150 Å². The van der Waals surface area contributed by atoms with Crippen LogP contribution in [-0.2, 0) is 19.5 Å². The number of aliphatic hydroxyl groups is 1. The fourth-order valence-electron chi connectivity index (χ4n) is 3.22. The van der Waals surface area contributed by atoms with Crippen molar-refractivity contribution in [2.45, 2.75) is 32.5 Å². The molecule has 1 aliphatic heterocycles. The second-order valence-corrected chi connectivity index (χ2v) is 6.48. The van der Waals surface area contributed by atoms with Crippen LogP contribution in [0, 0.1) is 6.92 Å². The van der Waals surface area contributed by atoms with Gasteiger partial charge in [0.2, 0.25) is 5.76 Å². The van der Waals surface area contributed by atoms with E-state index in [-0.39, 0.29) is 11.7 Å². The molecule has 0 radical (unpaired) electrons. The molecule has 3 aromatic rings. The van der Waals surface area contributed by atoms with Gasteiger partial charge in [0.25, 0.3) is 5.91 Å². The van der Waals surface area contributed by atoms with Crippen LogP contribution in [0.3, 0.4) is 0 Å². The Morgan fingerprint density at radius 3 is 2.85 bits per heavy atom. The molecule has 1 N–H and O–H groups in total. The first-order valence-corrected chi connectivity index (χ1v) is 8.60. The van der Waals surface area contributed by atoms with Gasteiger partial charge in [0, 0.05) is 13.0 Å². The third-order valence-corrected chi connectivity index (χ3v) is 4.66. The number of aromatic nitrogens is 3. The highest BCUT2D eigenvalue weighted by Gasteiger charge is 2.27. The second-order valence-electron chi connectivity index (χ2n) is 6.48. The van der Waals surface area contributed by atoms with E-state index in [1.165, 1.54) is 6.39 Å². The summed E-state index contributed by atoms with van der Waals surface area (Å²) >= 11 is 0. The molecule has 0 spiro atoms. The number of carbonyl (C=O) groups is 1. The van der Waals surface area contributed by atoms with Crippen LogP contribution in [0.4, 0.5) is 0 Å². The molecule has 2 aromatic heterocycles. The molecule has 1 atom stereocenters. The molecule has 0 bridgehead atoms. The number of hydrogen-bond donors (Lipinski definition) is 1. The van der Waals surface area contributed by atoms with E-state index in [1.807, 2.05) is 41.1 Å². The summed E-state index contributed by atoms with van der Waals surface area (Å²) < 4.78 is 7.07. The van der Waals surface area contributed by atoms with E-state index in [0.717, 1.165) is 11.3 Å². The molecule has 1 aliphatic rings. The maximum Gasteiger partial charge on any atom is 0.291 e. The van der Waals surface area contributed by atoms with Gasteiger partial charge in [0.05, 0.1) is 30.2 Å². The minimum absolute atomic E-state index is 0.168. The zero-order chi connectivity index (χ0) is 18.1. The van der Waals surface area contributed by atoms with Crippen molar-refractivity contribution >= 4 is 5.91 Å². The van der Waals surface area contributed by atoms with Crippen molar-refractivity contribution in [1.82, 2.24) is 19.7 Å². The lowest BCUT2D eigenvalue weighted by atomic mass is 10.1. The van der Waals surface area contributed by atoms with Gasteiger partial charge in [-0.15, -0.1) is 0 Å². The van der Waals surface area contributed by atoms with E-state index in [4.69, 9.17) is 4.42 Å². The first-order chi connectivity index (χ1) is 12.6. The minimum Gasteiger partial charge on any atom is -0.438 e. The fourth-order valence-corrected chi connectivity index (χ4v) is 3.22. The molecule has 26 heavy (non-hydrogen) atoms. The van der Waals surface area contributed by atoms with Crippen molar-refractivity contribution in [1.29, 1.82) is 0 Å². The molecular formula is C19H20N4O3. The molecule has 0 saturated carbocycles. The molecule has 1 unspecified atom stereocenters. The lowest BCUT2D eigenvalue weighted by Gasteiger charge is -2.26. The van der Waals surface area contributed by atoms with Gasteiger partial charge >= 0.3 is 0 Å². The molecule has 0 fully saturated rings. The number of aryl methyl sites for hydroxylation is 1. The Bertz CT molecular complexity index is 916. The highest BCUT2D eigenvalue weighted by molar-refractivity contribution is 5.92. The van der Waals surface area contributed by atoms with Gasteiger partial charge in [0.15, 0.2) is 6.39 Å². The summed E-state index contributed by atoms with van der Waals surface area (Å²) in [6, 6.07) is 11.7. The van der Waals surface area contributed by atoms with Gasteiger partial charge < -0.3 is 14.4 Å². The molecule has 134 valence electrons. The number of hydrogen-bond acceptors (Lipinski definition) is 5. The Kier molecular flexibility index (Phi) is 4.30. The second kappa shape index (κ2) is 6.76. The zero-order valence-corrected chi connectivity index (χ0v) is 14.5. The highest BCUT2D eigenvalue weighted by Crippen LogP contribution is 2.22. The lowest BCUT2D eigenvalue weighted by molar-refractivity contribution is 0.0672. The van der Waals surface area contributed by atoms with Crippen LogP contribution in [-0.4, -0.2) is 37.2 Å². The SMILES string of the molecule is Cc1ncoc1C(=O)N1CCn2nc(C(O)Cc3ccccc3)cc2C1. The normalized spacial score (nSPS) is 14.9. The number of benzene rings is 1. The van der Waals surface area contributed by atoms with Gasteiger partial charge in [-0.2, -0.15) is 5.10 Å². The number of aliphatic hydroxyl groups excluding tert-OH is 1. The van der Waals surface area contributed by atoms with E-state index in [9.17, 15) is 9.90 Å². The predicted octanol–water partition coefficient (Wildman–Crippen LogP) is 2.11. The van der Waals surface area contributed by atoms with Crippen molar-refractivity contribution in [3.05, 3.63) is 71.2 Å². The maximum absolute atomic E-state index is 12.6. The number of carbonyl (C=O) groups excluding carboxylic acids is 1. The van der Waals surface area contributed by atoms with Gasteiger partial charge in [-0.05, 0) is 18.6 Å². The zero-order valence-electron chi connectivity index (χ0n) is 14.5. The van der Waals surface area contributed by atoms with Crippen LogP contribution in [0.15, 0.2) is 47.2 Å². The summed E-state index contributed by atoms with van der Waals surface area (Å²) in [5.41, 5.74) is 3.19. The van der Waals surface area contributed by atoms with Gasteiger partial charge in [-0.3, -0.25) is 9.48 Å². The molecular weight excluding hydrogens is 332 g/mol. The third kappa shape index (κ3) is 3.13. The number of rotatable bonds is 4. The van der Waals surface area contributed by atoms with Crippen LogP contribution in [0.5, 0.6) is 0 Å². The molecule has 4 rings (SSSR count). The maximum atomic E-state index is 12.6. The van der Waals surface area contributed by atoms with E-state index in [1.54, 1.807) is 11.8 Å². The van der Waals surface area contributed by atoms with Crippen molar-refractivity contribution in [2.24, 2.45) is 0 Å². The molecule has 0 aliphatic carbocycles. The van der Waals surface area contributed by atoms with Crippen LogP contribution >= 0.6 is 0 Å². The summed E-state index contributed by atoms with van der Waals surface area (Å²) in [4.78, 5) is 18.3. The van der Waals surface area contributed by atoms with Crippen LogP contribution in [0.25, 0.3) is 0 Å². The van der Waals surface area contributed by atoms with Gasteiger partial charge in [0.1, 0.15) is 6.10 Å². The Morgan fingerprint density at radius 2 is 2.12 bits per heavy atom. The average Bonchev–Trinajstić information content (AvgIpc) is 3.27. The fraction of sp³-hybridized carbons (Fsp3) is 0.316. The number of amides is 1. The van der Waals surface area contributed by atoms with Crippen molar-refractivity contribution in [3.8, 4) is 0 Å². The van der Waals surface area contributed by atoms with Crippen LogP contribution in [0.2, 0.25) is 0 Å². The molecule has 7 heteroatoms. The minimum atomic E-state index is -0.670. The van der Waals surface area contributed by atoms with Gasteiger partial charge in [-0.25, -0.2) is 4.98 Å². The van der Waals surface area contributed by atoms with Crippen molar-refractivity contribution < 1.29 is 14.3 Å². The number of nitrogens with zero attached hydrogens (tertiary/aromatic N) is 4. The monoisotopic (exact) mass is 352 g/mol. The van der Waals surface area contributed by atoms with E-state index in [2.05, 4.69) is 10.1 Å².